The van der Waals surface area contributed by atoms with Crippen molar-refractivity contribution in [2.45, 2.75) is 96.6 Å². The number of alkyl halides is 1. The largest absolute Gasteiger partial charge is 0.328 e. The number of hydrogen-bond acceptors (Lipinski definition) is 1. The van der Waals surface area contributed by atoms with Gasteiger partial charge < -0.3 is 5.73 Å². The number of hydrogen-bond donors (Lipinski definition) is 1. The molecular formula is C16H34FN. The van der Waals surface area contributed by atoms with Crippen LogP contribution in [0.5, 0.6) is 0 Å². The van der Waals surface area contributed by atoms with E-state index >= 15 is 0 Å². The minimum atomic E-state index is -1.10. The van der Waals surface area contributed by atoms with Gasteiger partial charge in [0, 0.05) is 6.54 Å². The lowest BCUT2D eigenvalue weighted by Gasteiger charge is -2.21. The fourth-order valence-corrected chi connectivity index (χ4v) is 2.35. The lowest BCUT2D eigenvalue weighted by molar-refractivity contribution is 0.149. The molecule has 0 radical (unpaired) electrons. The van der Waals surface area contributed by atoms with Crippen LogP contribution in [0.1, 0.15) is 90.9 Å². The van der Waals surface area contributed by atoms with Crippen molar-refractivity contribution in [3.63, 3.8) is 0 Å². The highest BCUT2D eigenvalue weighted by Crippen LogP contribution is 2.23. The summed E-state index contributed by atoms with van der Waals surface area (Å²) in [6.45, 7) is 4.33. The Kier molecular flexibility index (Phi) is 11.9. The molecule has 0 aromatic carbocycles. The number of nitrogens with two attached hydrogens (primary N) is 1. The Hall–Kier alpha value is -0.110. The lowest BCUT2D eigenvalue weighted by Crippen LogP contribution is -2.32. The van der Waals surface area contributed by atoms with Gasteiger partial charge in [0.2, 0.25) is 0 Å². The first kappa shape index (κ1) is 17.9. The Balaban J connectivity index is 3.21. The van der Waals surface area contributed by atoms with Crippen molar-refractivity contribution in [1.82, 2.24) is 0 Å². The Morgan fingerprint density at radius 1 is 0.778 bits per heavy atom. The van der Waals surface area contributed by atoms with E-state index < -0.39 is 5.67 Å². The van der Waals surface area contributed by atoms with E-state index in [9.17, 15) is 4.39 Å². The summed E-state index contributed by atoms with van der Waals surface area (Å²) in [5.74, 6) is 0. The SMILES string of the molecule is CCCCCCCCCCCCC(F)(CC)CN. The van der Waals surface area contributed by atoms with Crippen LogP contribution in [0.3, 0.4) is 0 Å². The first-order valence-electron chi connectivity index (χ1n) is 8.07. The Labute approximate surface area is 114 Å². The van der Waals surface area contributed by atoms with Gasteiger partial charge in [-0.2, -0.15) is 0 Å². The van der Waals surface area contributed by atoms with Crippen molar-refractivity contribution in [1.29, 1.82) is 0 Å². The highest BCUT2D eigenvalue weighted by molar-refractivity contribution is 4.77. The van der Waals surface area contributed by atoms with Gasteiger partial charge in [-0.25, -0.2) is 4.39 Å². The molecule has 0 aliphatic rings. The maximum absolute atomic E-state index is 13.9. The zero-order valence-corrected chi connectivity index (χ0v) is 12.6. The smallest absolute Gasteiger partial charge is 0.122 e. The first-order valence-corrected chi connectivity index (χ1v) is 8.07. The number of unbranched alkanes of at least 4 members (excludes halogenated alkanes) is 9. The van der Waals surface area contributed by atoms with Crippen molar-refractivity contribution in [3.8, 4) is 0 Å². The molecule has 18 heavy (non-hydrogen) atoms. The minimum Gasteiger partial charge on any atom is -0.328 e. The fraction of sp³-hybridized carbons (Fsp3) is 1.00. The maximum Gasteiger partial charge on any atom is 0.122 e. The van der Waals surface area contributed by atoms with Crippen molar-refractivity contribution in [3.05, 3.63) is 0 Å². The second-order valence-electron chi connectivity index (χ2n) is 5.64. The molecule has 0 aromatic heterocycles. The molecule has 0 saturated carbocycles. The van der Waals surface area contributed by atoms with Crippen LogP contribution in [0.4, 0.5) is 4.39 Å². The molecule has 1 unspecified atom stereocenters. The third-order valence-corrected chi connectivity index (χ3v) is 3.98. The molecule has 0 bridgehead atoms. The summed E-state index contributed by atoms with van der Waals surface area (Å²) in [4.78, 5) is 0. The average molecular weight is 259 g/mol. The third kappa shape index (κ3) is 9.87. The Morgan fingerprint density at radius 2 is 1.22 bits per heavy atom. The highest BCUT2D eigenvalue weighted by atomic mass is 19.1. The predicted octanol–water partition coefficient (Wildman–Crippen LogP) is 5.37. The van der Waals surface area contributed by atoms with Gasteiger partial charge in [0.15, 0.2) is 0 Å². The van der Waals surface area contributed by atoms with Crippen molar-refractivity contribution in [2.75, 3.05) is 6.54 Å². The van der Waals surface area contributed by atoms with Crippen LogP contribution in [-0.4, -0.2) is 12.2 Å². The van der Waals surface area contributed by atoms with Gasteiger partial charge in [-0.05, 0) is 12.8 Å². The first-order chi connectivity index (χ1) is 8.68. The summed E-state index contributed by atoms with van der Waals surface area (Å²) in [6.07, 6.45) is 14.2. The molecule has 0 aromatic rings. The second kappa shape index (κ2) is 12.0. The summed E-state index contributed by atoms with van der Waals surface area (Å²) in [5.41, 5.74) is 4.37. The molecule has 0 aliphatic heterocycles. The second-order valence-corrected chi connectivity index (χ2v) is 5.64. The molecule has 0 amide bonds. The van der Waals surface area contributed by atoms with E-state index in [-0.39, 0.29) is 6.54 Å². The summed E-state index contributed by atoms with van der Waals surface area (Å²) in [6, 6.07) is 0. The molecule has 1 nitrogen and oxygen atoms in total. The Bertz CT molecular complexity index is 166. The average Bonchev–Trinajstić information content (AvgIpc) is 2.40. The van der Waals surface area contributed by atoms with Crippen LogP contribution >= 0.6 is 0 Å². The topological polar surface area (TPSA) is 26.0 Å². The van der Waals surface area contributed by atoms with E-state index in [0.717, 1.165) is 6.42 Å². The van der Waals surface area contributed by atoms with Gasteiger partial charge in [0.1, 0.15) is 5.67 Å². The molecule has 1 atom stereocenters. The zero-order valence-electron chi connectivity index (χ0n) is 12.6. The highest BCUT2D eigenvalue weighted by Gasteiger charge is 2.24. The van der Waals surface area contributed by atoms with Gasteiger partial charge >= 0.3 is 0 Å². The molecule has 0 aliphatic carbocycles. The molecule has 0 saturated heterocycles. The van der Waals surface area contributed by atoms with Crippen LogP contribution in [0.15, 0.2) is 0 Å². The van der Waals surface area contributed by atoms with Gasteiger partial charge in [-0.15, -0.1) is 0 Å². The summed E-state index contributed by atoms with van der Waals surface area (Å²) in [5, 5.41) is 0. The van der Waals surface area contributed by atoms with Gasteiger partial charge in [0.25, 0.3) is 0 Å². The molecule has 2 N–H and O–H groups in total. The molecule has 0 rings (SSSR count). The standard InChI is InChI=1S/C16H34FN/c1-3-5-6-7-8-9-10-11-12-13-14-16(17,4-2)15-18/h3-15,18H2,1-2H3. The lowest BCUT2D eigenvalue weighted by atomic mass is 9.95. The van der Waals surface area contributed by atoms with Crippen molar-refractivity contribution < 1.29 is 4.39 Å². The van der Waals surface area contributed by atoms with Crippen LogP contribution in [-0.2, 0) is 0 Å². The molecule has 110 valence electrons. The normalized spacial score (nSPS) is 14.7. The monoisotopic (exact) mass is 259 g/mol. The van der Waals surface area contributed by atoms with E-state index in [4.69, 9.17) is 5.73 Å². The van der Waals surface area contributed by atoms with Crippen molar-refractivity contribution in [2.24, 2.45) is 5.73 Å². The van der Waals surface area contributed by atoms with Crippen LogP contribution < -0.4 is 5.73 Å². The van der Waals surface area contributed by atoms with Crippen LogP contribution in [0, 0.1) is 0 Å². The van der Waals surface area contributed by atoms with E-state index in [0.29, 0.717) is 12.8 Å². The van der Waals surface area contributed by atoms with Gasteiger partial charge in [-0.3, -0.25) is 0 Å². The van der Waals surface area contributed by atoms with Crippen molar-refractivity contribution >= 4 is 0 Å². The third-order valence-electron chi connectivity index (χ3n) is 3.98. The summed E-state index contributed by atoms with van der Waals surface area (Å²) in [7, 11) is 0. The van der Waals surface area contributed by atoms with Crippen LogP contribution in [0.25, 0.3) is 0 Å². The van der Waals surface area contributed by atoms with Gasteiger partial charge in [0.05, 0.1) is 0 Å². The minimum absolute atomic E-state index is 0.181. The molecule has 0 fully saturated rings. The molecular weight excluding hydrogens is 225 g/mol. The number of rotatable bonds is 13. The van der Waals surface area contributed by atoms with E-state index in [2.05, 4.69) is 6.92 Å². The van der Waals surface area contributed by atoms with Crippen LogP contribution in [0.2, 0.25) is 0 Å². The van der Waals surface area contributed by atoms with E-state index in [1.165, 1.54) is 57.8 Å². The number of halogens is 1. The zero-order chi connectivity index (χ0) is 13.7. The maximum atomic E-state index is 13.9. The molecule has 0 spiro atoms. The summed E-state index contributed by atoms with van der Waals surface area (Å²) < 4.78 is 13.9. The predicted molar refractivity (Wildman–Crippen MR) is 79.6 cm³/mol. The van der Waals surface area contributed by atoms with E-state index in [1.807, 2.05) is 6.92 Å². The Morgan fingerprint density at radius 3 is 1.61 bits per heavy atom. The van der Waals surface area contributed by atoms with E-state index in [1.54, 1.807) is 0 Å². The summed E-state index contributed by atoms with van der Waals surface area (Å²) >= 11 is 0. The molecule has 2 heteroatoms. The fourth-order valence-electron chi connectivity index (χ4n) is 2.35. The molecule has 0 heterocycles. The van der Waals surface area contributed by atoms with Gasteiger partial charge in [-0.1, -0.05) is 78.1 Å². The quantitative estimate of drug-likeness (QED) is 0.442.